The van der Waals surface area contributed by atoms with Crippen molar-refractivity contribution < 1.29 is 36.4 Å². The first-order valence-corrected chi connectivity index (χ1v) is 33.0. The first-order chi connectivity index (χ1) is 35.3. The topological polar surface area (TPSA) is 52.0 Å². The molecule has 0 aliphatic carbocycles. The predicted molar refractivity (Wildman–Crippen MR) is 315 cm³/mol. The maximum absolute atomic E-state index is 11.2. The maximum Gasteiger partial charge on any atom is 0 e. The summed E-state index contributed by atoms with van der Waals surface area (Å²) in [5.74, 6) is 0. The number of nitrogens with two attached hydrogens (primary N) is 2. The second-order valence-electron chi connectivity index (χ2n) is 19.5. The van der Waals surface area contributed by atoms with Gasteiger partial charge in [0.15, 0.2) is 0 Å². The fraction of sp³-hybridized carbons (Fsp3) is 0.125. The van der Waals surface area contributed by atoms with Crippen LogP contribution >= 0.6 is 15.8 Å². The van der Waals surface area contributed by atoms with Gasteiger partial charge in [-0.2, -0.15) is 0 Å². The molecule has 76 heavy (non-hydrogen) atoms. The van der Waals surface area contributed by atoms with Gasteiger partial charge >= 0.3 is 36.4 Å². The molecule has 10 aromatic carbocycles. The van der Waals surface area contributed by atoms with Crippen LogP contribution in [-0.2, 0) is 19.5 Å². The van der Waals surface area contributed by atoms with Gasteiger partial charge in [-0.3, -0.25) is 0 Å². The second kappa shape index (κ2) is 22.7. The minimum Gasteiger partial charge on any atom is 0 e. The Labute approximate surface area is 460 Å². The Bertz CT molecular complexity index is 3350. The Kier molecular flexibility index (Phi) is 17.3. The molecule has 393 valence electrons. The van der Waals surface area contributed by atoms with Crippen LogP contribution in [0.2, 0.25) is 0 Å². The molecule has 0 unspecified atom stereocenters. The van der Waals surface area contributed by atoms with E-state index in [0.717, 1.165) is 33.3 Å². The molecular weight excluding hydrogens is 1200 g/mol. The summed E-state index contributed by atoms with van der Waals surface area (Å²) in [6.45, 7) is 17.8. The molecule has 0 aliphatic rings. The summed E-state index contributed by atoms with van der Waals surface area (Å²) >= 11 is -11.2. The fourth-order valence-corrected chi connectivity index (χ4v) is 15.8. The van der Waals surface area contributed by atoms with Gasteiger partial charge in [0.05, 0.1) is 0 Å². The molecule has 10 rings (SSSR count). The van der Waals surface area contributed by atoms with Crippen molar-refractivity contribution in [1.29, 1.82) is 0 Å². The van der Waals surface area contributed by atoms with Crippen molar-refractivity contribution in [3.63, 3.8) is 0 Å². The zero-order valence-corrected chi connectivity index (χ0v) is 49.6. The number of hydrogen-bond donors (Lipinski definition) is 2. The van der Waals surface area contributed by atoms with Crippen molar-refractivity contribution in [2.75, 3.05) is 11.5 Å². The number of aryl methyl sites for hydroxylation is 8. The maximum atomic E-state index is 9.93. The SMILES string of the molecule is Cc1cc(C)cc(P(c2cc(C)cc(C)c2)c2ccccc2-c2ccccc2P(c2cc(C)cc(C)c2)c2cc(C)cc(C)c2)c1.Nc1ccc2ccccc2c1-c1c(N)ccc2ccccc12.[F][Sb-]([F])([F])([F])([F])[F].[Rh]. The van der Waals surface area contributed by atoms with Gasteiger partial charge in [-0.15, -0.1) is 0 Å². The van der Waals surface area contributed by atoms with E-state index in [0.29, 0.717) is 0 Å². The molecular formula is C64H60F6N2P2RhSb-. The Balaban J connectivity index is 0.000000231. The zero-order valence-electron chi connectivity index (χ0n) is 43.6. The molecule has 10 aromatic rings. The van der Waals surface area contributed by atoms with E-state index in [1.807, 2.05) is 36.4 Å². The molecule has 0 amide bonds. The molecule has 0 heterocycles. The summed E-state index contributed by atoms with van der Waals surface area (Å²) in [6, 6.07) is 71.5. The van der Waals surface area contributed by atoms with Crippen LogP contribution in [-0.4, -0.2) is 19.5 Å². The molecule has 0 bridgehead atoms. The van der Waals surface area contributed by atoms with E-state index in [1.165, 1.54) is 98.2 Å². The van der Waals surface area contributed by atoms with Gasteiger partial charge in [0.1, 0.15) is 0 Å². The Morgan fingerprint density at radius 3 is 0.829 bits per heavy atom. The molecule has 1 radical (unpaired) electrons. The second-order valence-corrected chi connectivity index (χ2v) is 29.4. The fourth-order valence-electron chi connectivity index (χ4n) is 10.1. The van der Waals surface area contributed by atoms with Crippen LogP contribution < -0.4 is 43.3 Å². The van der Waals surface area contributed by atoms with Crippen LogP contribution in [0, 0.1) is 55.4 Å². The van der Waals surface area contributed by atoms with Crippen LogP contribution in [0.25, 0.3) is 43.8 Å². The molecule has 0 fully saturated rings. The van der Waals surface area contributed by atoms with Crippen molar-refractivity contribution in [3.8, 4) is 22.3 Å². The summed E-state index contributed by atoms with van der Waals surface area (Å²) in [5.41, 5.74) is 29.4. The number of fused-ring (bicyclic) bond motifs is 2. The van der Waals surface area contributed by atoms with Gasteiger partial charge < -0.3 is 11.5 Å². The third-order valence-electron chi connectivity index (χ3n) is 12.6. The molecule has 2 nitrogen and oxygen atoms in total. The van der Waals surface area contributed by atoms with Crippen LogP contribution in [0.4, 0.5) is 28.3 Å². The average molecular weight is 1260 g/mol. The van der Waals surface area contributed by atoms with E-state index in [9.17, 15) is 16.9 Å². The van der Waals surface area contributed by atoms with Crippen molar-refractivity contribution in [1.82, 2.24) is 0 Å². The predicted octanol–water partition coefficient (Wildman–Crippen LogP) is 16.3. The number of hydrogen-bond acceptors (Lipinski definition) is 2. The minimum atomic E-state index is -11.2. The van der Waals surface area contributed by atoms with Gasteiger partial charge in [-0.25, -0.2) is 0 Å². The number of anilines is 2. The van der Waals surface area contributed by atoms with Crippen LogP contribution in [0.1, 0.15) is 44.5 Å². The molecule has 0 saturated heterocycles. The molecule has 12 heteroatoms. The smallest absolute Gasteiger partial charge is 0 e. The van der Waals surface area contributed by atoms with Gasteiger partial charge in [0, 0.05) is 42.0 Å². The normalized spacial score (nSPS) is 12.3. The van der Waals surface area contributed by atoms with Crippen LogP contribution in [0.15, 0.2) is 194 Å². The standard InChI is InChI=1S/C44H44P2.C20H16N2.6FH.Rh.Sb/c1-29-17-30(2)22-37(21-29)45(38-23-31(3)18-32(4)24-38)43-15-11-9-13-41(43)42-14-10-12-16-44(42)46(39-25-33(5)19-34(6)26-39)40-27-35(7)20-36(8)28-40;21-17-11-9-13-5-1-3-7-15(13)19(17)20-16-8-4-2-6-14(16)10-12-18(20)22;;;;;;;;/h9-28H,1-8H3;1-12H,21-22H2;6*1H;;/q;;;;;;;;;+5/p-6. The number of halogens is 6. The van der Waals surface area contributed by atoms with E-state index in [1.54, 1.807) is 0 Å². The third kappa shape index (κ3) is 14.8. The first kappa shape index (κ1) is 57.9. The van der Waals surface area contributed by atoms with Crippen molar-refractivity contribution in [2.45, 2.75) is 55.4 Å². The molecule has 0 saturated carbocycles. The molecule has 0 aliphatic heterocycles. The average Bonchev–Trinajstić information content (AvgIpc) is 3.32. The van der Waals surface area contributed by atoms with Gasteiger partial charge in [-0.05, 0) is 148 Å². The third-order valence-corrected chi connectivity index (χ3v) is 17.5. The molecule has 4 N–H and O–H groups in total. The Hall–Kier alpha value is -5.80. The largest absolute Gasteiger partial charge is 0 e. The van der Waals surface area contributed by atoms with Gasteiger partial charge in [-0.1, -0.05) is 226 Å². The number of rotatable bonds is 8. The zero-order chi connectivity index (χ0) is 54.0. The number of nitrogen functional groups attached to an aromatic ring is 2. The van der Waals surface area contributed by atoms with Crippen molar-refractivity contribution >= 4 is 100 Å². The summed E-state index contributed by atoms with van der Waals surface area (Å²) in [4.78, 5) is 0. The summed E-state index contributed by atoms with van der Waals surface area (Å²) in [6.07, 6.45) is 0. The Morgan fingerprint density at radius 2 is 0.553 bits per heavy atom. The molecule has 0 aromatic heterocycles. The molecule has 0 atom stereocenters. The Morgan fingerprint density at radius 1 is 0.316 bits per heavy atom. The minimum absolute atomic E-state index is 0. The van der Waals surface area contributed by atoms with Crippen molar-refractivity contribution in [2.24, 2.45) is 0 Å². The summed E-state index contributed by atoms with van der Waals surface area (Å²) in [5, 5.41) is 13.1. The monoisotopic (exact) mass is 1260 g/mol. The van der Waals surface area contributed by atoms with E-state index in [2.05, 4.69) is 213 Å². The van der Waals surface area contributed by atoms with E-state index < -0.39 is 35.3 Å². The van der Waals surface area contributed by atoms with E-state index in [4.69, 9.17) is 11.5 Å². The first-order valence-electron chi connectivity index (χ1n) is 24.5. The van der Waals surface area contributed by atoms with Gasteiger partial charge in [0.2, 0.25) is 0 Å². The van der Waals surface area contributed by atoms with E-state index in [-0.39, 0.29) is 19.5 Å². The quantitative estimate of drug-likeness (QED) is 0.0689. The summed E-state index contributed by atoms with van der Waals surface area (Å²) in [7, 11) is -1.62. The number of benzene rings is 10. The van der Waals surface area contributed by atoms with Gasteiger partial charge in [0.25, 0.3) is 0 Å². The van der Waals surface area contributed by atoms with Crippen LogP contribution in [0.3, 0.4) is 0 Å². The van der Waals surface area contributed by atoms with Crippen LogP contribution in [0.5, 0.6) is 0 Å². The van der Waals surface area contributed by atoms with E-state index >= 15 is 0 Å². The van der Waals surface area contributed by atoms with Crippen molar-refractivity contribution in [3.05, 3.63) is 239 Å². The molecule has 0 spiro atoms. The summed E-state index contributed by atoms with van der Waals surface area (Å²) < 4.78 is 59.6.